The number of nitrogens with zero attached hydrogens (tertiary/aromatic N) is 1. The van der Waals surface area contributed by atoms with Gasteiger partial charge in [0.25, 0.3) is 0 Å². The number of hydrogen-bond acceptors (Lipinski definition) is 2. The molecule has 0 saturated carbocycles. The van der Waals surface area contributed by atoms with Crippen LogP contribution in [0.2, 0.25) is 0 Å². The van der Waals surface area contributed by atoms with E-state index in [-0.39, 0.29) is 6.04 Å². The highest BCUT2D eigenvalue weighted by atomic mass is 16.5. The summed E-state index contributed by atoms with van der Waals surface area (Å²) in [6, 6.07) is 10.7. The van der Waals surface area contributed by atoms with Crippen LogP contribution in [0, 0.1) is 13.8 Å². The van der Waals surface area contributed by atoms with E-state index in [0.29, 0.717) is 0 Å². The van der Waals surface area contributed by atoms with Crippen molar-refractivity contribution in [3.63, 3.8) is 0 Å². The molecule has 0 unspecified atom stereocenters. The molecule has 0 fully saturated rings. The van der Waals surface area contributed by atoms with Crippen LogP contribution in [0.25, 0.3) is 0 Å². The van der Waals surface area contributed by atoms with Gasteiger partial charge in [-0.3, -0.25) is 0 Å². The summed E-state index contributed by atoms with van der Waals surface area (Å²) in [5, 5.41) is 3.58. The fraction of sp³-hybridized carbons (Fsp3) is 0.412. The second kappa shape index (κ2) is 6.14. The van der Waals surface area contributed by atoms with Crippen LogP contribution < -0.4 is 10.1 Å². The van der Waals surface area contributed by atoms with Gasteiger partial charge in [0.2, 0.25) is 0 Å². The highest BCUT2D eigenvalue weighted by Crippen LogP contribution is 2.25. The predicted molar refractivity (Wildman–Crippen MR) is 83.1 cm³/mol. The lowest BCUT2D eigenvalue weighted by molar-refractivity contribution is 0.401. The number of benzene rings is 1. The number of para-hydroxylation sites is 1. The molecular formula is C17H24N2O. The Balaban J connectivity index is 2.08. The van der Waals surface area contributed by atoms with E-state index < -0.39 is 0 Å². The molecule has 108 valence electrons. The van der Waals surface area contributed by atoms with Crippen molar-refractivity contribution in [2.24, 2.45) is 7.05 Å². The van der Waals surface area contributed by atoms with Gasteiger partial charge in [-0.2, -0.15) is 0 Å². The molecule has 2 aromatic rings. The van der Waals surface area contributed by atoms with E-state index in [9.17, 15) is 0 Å². The van der Waals surface area contributed by atoms with E-state index in [4.69, 9.17) is 4.74 Å². The van der Waals surface area contributed by atoms with Crippen molar-refractivity contribution in [1.29, 1.82) is 0 Å². The van der Waals surface area contributed by atoms with Gasteiger partial charge in [-0.1, -0.05) is 18.2 Å². The maximum atomic E-state index is 5.42. The first-order valence-electron chi connectivity index (χ1n) is 7.02. The monoisotopic (exact) mass is 272 g/mol. The maximum Gasteiger partial charge on any atom is 0.123 e. The van der Waals surface area contributed by atoms with E-state index in [1.54, 1.807) is 7.11 Å². The molecule has 1 aromatic carbocycles. The molecule has 20 heavy (non-hydrogen) atoms. The van der Waals surface area contributed by atoms with Crippen molar-refractivity contribution in [1.82, 2.24) is 9.88 Å². The maximum absolute atomic E-state index is 5.42. The Hall–Kier alpha value is -1.74. The summed E-state index contributed by atoms with van der Waals surface area (Å²) in [4.78, 5) is 0. The highest BCUT2D eigenvalue weighted by Gasteiger charge is 2.12. The lowest BCUT2D eigenvalue weighted by Gasteiger charge is -2.17. The number of aryl methyl sites for hydroxylation is 1. The van der Waals surface area contributed by atoms with Crippen LogP contribution >= 0.6 is 0 Å². The van der Waals surface area contributed by atoms with Crippen LogP contribution in [0.4, 0.5) is 0 Å². The van der Waals surface area contributed by atoms with Gasteiger partial charge in [-0.05, 0) is 38.5 Å². The Morgan fingerprint density at radius 3 is 2.55 bits per heavy atom. The third-order valence-corrected chi connectivity index (χ3v) is 4.08. The van der Waals surface area contributed by atoms with Gasteiger partial charge in [0, 0.05) is 36.6 Å². The van der Waals surface area contributed by atoms with Gasteiger partial charge in [0.1, 0.15) is 5.75 Å². The SMILES string of the molecule is COc1ccccc1[C@@H](C)NCc1cc(C)n(C)c1C. The van der Waals surface area contributed by atoms with Crippen LogP contribution in [0.5, 0.6) is 5.75 Å². The lowest BCUT2D eigenvalue weighted by atomic mass is 10.1. The molecular weight excluding hydrogens is 248 g/mol. The second-order valence-electron chi connectivity index (χ2n) is 5.30. The van der Waals surface area contributed by atoms with E-state index in [1.165, 1.54) is 22.5 Å². The molecule has 0 saturated heterocycles. The molecule has 0 amide bonds. The van der Waals surface area contributed by atoms with Crippen molar-refractivity contribution in [3.8, 4) is 5.75 Å². The smallest absolute Gasteiger partial charge is 0.123 e. The number of rotatable bonds is 5. The Morgan fingerprint density at radius 2 is 1.95 bits per heavy atom. The lowest BCUT2D eigenvalue weighted by Crippen LogP contribution is -2.19. The molecule has 1 aromatic heterocycles. The first-order valence-corrected chi connectivity index (χ1v) is 7.02. The highest BCUT2D eigenvalue weighted by molar-refractivity contribution is 5.35. The van der Waals surface area contributed by atoms with Gasteiger partial charge < -0.3 is 14.6 Å². The molecule has 0 radical (unpaired) electrons. The number of methoxy groups -OCH3 is 1. The molecule has 1 heterocycles. The summed E-state index contributed by atoms with van der Waals surface area (Å²) in [7, 11) is 3.83. The van der Waals surface area contributed by atoms with E-state index in [2.05, 4.69) is 49.8 Å². The minimum absolute atomic E-state index is 0.256. The summed E-state index contributed by atoms with van der Waals surface area (Å²) >= 11 is 0. The first-order chi connectivity index (χ1) is 9.54. The molecule has 1 atom stereocenters. The quantitative estimate of drug-likeness (QED) is 0.901. The van der Waals surface area contributed by atoms with Crippen LogP contribution in [-0.4, -0.2) is 11.7 Å². The number of ether oxygens (including phenoxy) is 1. The van der Waals surface area contributed by atoms with Gasteiger partial charge in [-0.15, -0.1) is 0 Å². The van der Waals surface area contributed by atoms with E-state index >= 15 is 0 Å². The molecule has 0 spiro atoms. The van der Waals surface area contributed by atoms with Crippen LogP contribution in [0.1, 0.15) is 35.5 Å². The number of nitrogens with one attached hydrogen (secondary N) is 1. The molecule has 0 aliphatic carbocycles. The van der Waals surface area contributed by atoms with Gasteiger partial charge in [0.05, 0.1) is 7.11 Å². The average Bonchev–Trinajstić information content (AvgIpc) is 2.72. The first kappa shape index (κ1) is 14.7. The summed E-state index contributed by atoms with van der Waals surface area (Å²) in [5.41, 5.74) is 5.17. The fourth-order valence-electron chi connectivity index (χ4n) is 2.51. The number of aromatic nitrogens is 1. The molecule has 0 aliphatic heterocycles. The Bertz CT molecular complexity index is 587. The zero-order chi connectivity index (χ0) is 14.7. The molecule has 3 heteroatoms. The average molecular weight is 272 g/mol. The summed E-state index contributed by atoms with van der Waals surface area (Å²) in [6.45, 7) is 7.34. The third-order valence-electron chi connectivity index (χ3n) is 4.08. The van der Waals surface area contributed by atoms with Crippen molar-refractivity contribution in [3.05, 3.63) is 52.8 Å². The normalized spacial score (nSPS) is 12.4. The van der Waals surface area contributed by atoms with Gasteiger partial charge >= 0.3 is 0 Å². The molecule has 0 aliphatic rings. The largest absolute Gasteiger partial charge is 0.496 e. The summed E-state index contributed by atoms with van der Waals surface area (Å²) in [5.74, 6) is 0.938. The molecule has 3 nitrogen and oxygen atoms in total. The van der Waals surface area contributed by atoms with Gasteiger partial charge in [-0.25, -0.2) is 0 Å². The topological polar surface area (TPSA) is 26.2 Å². The molecule has 2 rings (SSSR count). The predicted octanol–water partition coefficient (Wildman–Crippen LogP) is 3.50. The van der Waals surface area contributed by atoms with Crippen molar-refractivity contribution in [2.75, 3.05) is 7.11 Å². The summed E-state index contributed by atoms with van der Waals surface area (Å²) < 4.78 is 7.65. The van der Waals surface area contributed by atoms with E-state index in [0.717, 1.165) is 12.3 Å². The van der Waals surface area contributed by atoms with Gasteiger partial charge in [0.15, 0.2) is 0 Å². The minimum atomic E-state index is 0.256. The standard InChI is InChI=1S/C17H24N2O/c1-12-10-15(14(3)19(12)4)11-18-13(2)16-8-6-7-9-17(16)20-5/h6-10,13,18H,11H2,1-5H3/t13-/m1/s1. The summed E-state index contributed by atoms with van der Waals surface area (Å²) in [6.07, 6.45) is 0. The Morgan fingerprint density at radius 1 is 1.25 bits per heavy atom. The van der Waals surface area contributed by atoms with Crippen LogP contribution in [0.15, 0.2) is 30.3 Å². The Kier molecular flexibility index (Phi) is 4.50. The third kappa shape index (κ3) is 2.88. The minimum Gasteiger partial charge on any atom is -0.496 e. The van der Waals surface area contributed by atoms with Crippen LogP contribution in [-0.2, 0) is 13.6 Å². The fourth-order valence-corrected chi connectivity index (χ4v) is 2.51. The Labute approximate surface area is 121 Å². The second-order valence-corrected chi connectivity index (χ2v) is 5.30. The zero-order valence-corrected chi connectivity index (χ0v) is 13.0. The molecule has 1 N–H and O–H groups in total. The van der Waals surface area contributed by atoms with Crippen LogP contribution in [0.3, 0.4) is 0 Å². The molecule has 0 bridgehead atoms. The number of hydrogen-bond donors (Lipinski definition) is 1. The van der Waals surface area contributed by atoms with Crippen molar-refractivity contribution >= 4 is 0 Å². The zero-order valence-electron chi connectivity index (χ0n) is 13.0. The van der Waals surface area contributed by atoms with Crippen molar-refractivity contribution < 1.29 is 4.74 Å². The van der Waals surface area contributed by atoms with Crippen molar-refractivity contribution in [2.45, 2.75) is 33.4 Å². The van der Waals surface area contributed by atoms with E-state index in [1.807, 2.05) is 18.2 Å².